The lowest BCUT2D eigenvalue weighted by molar-refractivity contribution is -0.384. The van der Waals surface area contributed by atoms with Crippen LogP contribution in [0.1, 0.15) is 11.3 Å². The van der Waals surface area contributed by atoms with Crippen LogP contribution in [0.3, 0.4) is 0 Å². The van der Waals surface area contributed by atoms with Crippen molar-refractivity contribution in [3.05, 3.63) is 98.3 Å². The summed E-state index contributed by atoms with van der Waals surface area (Å²) >= 11 is 0. The van der Waals surface area contributed by atoms with Crippen molar-refractivity contribution in [3.63, 3.8) is 0 Å². The first-order valence-corrected chi connectivity index (χ1v) is 9.45. The average Bonchev–Trinajstić information content (AvgIpc) is 3.34. The predicted octanol–water partition coefficient (Wildman–Crippen LogP) is 4.19. The van der Waals surface area contributed by atoms with Crippen LogP contribution >= 0.6 is 0 Å². The summed E-state index contributed by atoms with van der Waals surface area (Å²) in [4.78, 5) is 23.2. The lowest BCUT2D eigenvalue weighted by Crippen LogP contribution is -2.05. The third kappa shape index (κ3) is 3.40. The van der Waals surface area contributed by atoms with Crippen molar-refractivity contribution in [2.45, 2.75) is 0 Å². The van der Waals surface area contributed by atoms with Gasteiger partial charge in [0.05, 0.1) is 16.3 Å². The first kappa shape index (κ1) is 18.6. The van der Waals surface area contributed by atoms with E-state index in [0.717, 1.165) is 5.56 Å². The lowest BCUT2D eigenvalue weighted by Gasteiger charge is -2.01. The summed E-state index contributed by atoms with van der Waals surface area (Å²) in [5.41, 5.74) is 2.21. The van der Waals surface area contributed by atoms with Gasteiger partial charge in [-0.25, -0.2) is 4.68 Å². The van der Waals surface area contributed by atoms with Gasteiger partial charge in [0.1, 0.15) is 5.52 Å². The van der Waals surface area contributed by atoms with Crippen LogP contribution in [0.15, 0.2) is 71.5 Å². The molecule has 0 aliphatic carbocycles. The van der Waals surface area contributed by atoms with Crippen LogP contribution in [-0.4, -0.2) is 21.5 Å². The maximum atomic E-state index is 12.7. The van der Waals surface area contributed by atoms with Crippen molar-refractivity contribution >= 4 is 28.7 Å². The average molecular weight is 413 g/mol. The van der Waals surface area contributed by atoms with Gasteiger partial charge in [0.25, 0.3) is 5.69 Å². The smallest absolute Gasteiger partial charge is 0.269 e. The molecule has 8 nitrogen and oxygen atoms in total. The Balaban J connectivity index is 1.62. The third-order valence-corrected chi connectivity index (χ3v) is 4.94. The van der Waals surface area contributed by atoms with Crippen LogP contribution in [0, 0.1) is 10.1 Å². The highest BCUT2D eigenvalue weighted by Gasteiger charge is 2.15. The number of rotatable bonds is 4. The number of ether oxygens (including phenoxy) is 2. The Labute approximate surface area is 175 Å². The monoisotopic (exact) mass is 413 g/mol. The van der Waals surface area contributed by atoms with Gasteiger partial charge >= 0.3 is 0 Å². The van der Waals surface area contributed by atoms with E-state index in [1.807, 2.05) is 36.4 Å². The van der Waals surface area contributed by atoms with E-state index in [4.69, 9.17) is 9.47 Å². The van der Waals surface area contributed by atoms with Gasteiger partial charge in [-0.1, -0.05) is 30.3 Å². The van der Waals surface area contributed by atoms with Crippen LogP contribution in [-0.2, 0) is 0 Å². The molecule has 1 aliphatic rings. The van der Waals surface area contributed by atoms with E-state index in [0.29, 0.717) is 33.8 Å². The normalized spacial score (nSPS) is 12.5. The largest absolute Gasteiger partial charge is 0.454 e. The molecule has 2 heterocycles. The second-order valence-corrected chi connectivity index (χ2v) is 6.86. The number of hydrogen-bond donors (Lipinski definition) is 0. The molecule has 0 saturated carbocycles. The molecule has 0 bridgehead atoms. The fourth-order valence-electron chi connectivity index (χ4n) is 3.44. The Hall–Kier alpha value is -4.46. The molecule has 3 aromatic carbocycles. The van der Waals surface area contributed by atoms with E-state index < -0.39 is 4.92 Å². The van der Waals surface area contributed by atoms with Crippen LogP contribution < -0.4 is 14.9 Å². The second kappa shape index (κ2) is 7.42. The molecular formula is C23H15N3O5. The number of non-ortho nitro benzene ring substituents is 1. The SMILES string of the molecule is O=c1ccccc2c(C=Cc3ccc4c(c3)OCO4)nn(-c3ccc([N+](=O)[O-])cc3)c12. The zero-order valence-electron chi connectivity index (χ0n) is 16.1. The molecule has 1 aliphatic heterocycles. The molecule has 1 aromatic heterocycles. The number of aromatic nitrogens is 2. The van der Waals surface area contributed by atoms with Crippen molar-refractivity contribution in [1.29, 1.82) is 0 Å². The van der Waals surface area contributed by atoms with Gasteiger partial charge < -0.3 is 9.47 Å². The van der Waals surface area contributed by atoms with Crippen LogP contribution in [0.4, 0.5) is 5.69 Å². The topological polar surface area (TPSA) is 96.5 Å². The predicted molar refractivity (Wildman–Crippen MR) is 115 cm³/mol. The molecule has 0 fully saturated rings. The highest BCUT2D eigenvalue weighted by molar-refractivity contribution is 5.90. The van der Waals surface area contributed by atoms with Crippen LogP contribution in [0.25, 0.3) is 28.7 Å². The Bertz CT molecular complexity index is 1410. The highest BCUT2D eigenvalue weighted by atomic mass is 16.7. The van der Waals surface area contributed by atoms with Crippen molar-refractivity contribution in [3.8, 4) is 17.2 Å². The number of nitro benzene ring substituents is 1. The summed E-state index contributed by atoms with van der Waals surface area (Å²) < 4.78 is 12.3. The van der Waals surface area contributed by atoms with Crippen molar-refractivity contribution in [2.75, 3.05) is 6.79 Å². The van der Waals surface area contributed by atoms with E-state index in [9.17, 15) is 14.9 Å². The Morgan fingerprint density at radius 1 is 0.968 bits per heavy atom. The number of hydrogen-bond acceptors (Lipinski definition) is 6. The van der Waals surface area contributed by atoms with Crippen molar-refractivity contribution in [1.82, 2.24) is 9.78 Å². The van der Waals surface area contributed by atoms with Gasteiger partial charge in [0, 0.05) is 17.5 Å². The van der Waals surface area contributed by atoms with Gasteiger partial charge in [0.2, 0.25) is 12.2 Å². The Morgan fingerprint density at radius 2 is 1.74 bits per heavy atom. The summed E-state index contributed by atoms with van der Waals surface area (Å²) in [7, 11) is 0. The molecule has 31 heavy (non-hydrogen) atoms. The van der Waals surface area contributed by atoms with Gasteiger partial charge in [-0.05, 0) is 42.0 Å². The second-order valence-electron chi connectivity index (χ2n) is 6.86. The number of nitrogens with zero attached hydrogens (tertiary/aromatic N) is 3. The van der Waals surface area contributed by atoms with Crippen LogP contribution in [0.5, 0.6) is 11.5 Å². The number of fused-ring (bicyclic) bond motifs is 2. The summed E-state index contributed by atoms with van der Waals surface area (Å²) in [6, 6.07) is 18.3. The first-order valence-electron chi connectivity index (χ1n) is 9.45. The minimum Gasteiger partial charge on any atom is -0.454 e. The van der Waals surface area contributed by atoms with Crippen molar-refractivity contribution in [2.24, 2.45) is 0 Å². The summed E-state index contributed by atoms with van der Waals surface area (Å²) in [6.07, 6.45) is 3.70. The molecule has 0 spiro atoms. The van der Waals surface area contributed by atoms with E-state index in [2.05, 4.69) is 5.10 Å². The van der Waals surface area contributed by atoms with E-state index in [1.165, 1.54) is 22.9 Å². The molecule has 0 radical (unpaired) electrons. The number of nitro groups is 1. The molecule has 8 heteroatoms. The van der Waals surface area contributed by atoms with Crippen LogP contribution in [0.2, 0.25) is 0 Å². The lowest BCUT2D eigenvalue weighted by atomic mass is 10.1. The summed E-state index contributed by atoms with van der Waals surface area (Å²) in [5.74, 6) is 1.38. The zero-order chi connectivity index (χ0) is 21.4. The van der Waals surface area contributed by atoms with Gasteiger partial charge in [0.15, 0.2) is 11.5 Å². The molecule has 0 N–H and O–H groups in total. The van der Waals surface area contributed by atoms with E-state index in [-0.39, 0.29) is 17.9 Å². The quantitative estimate of drug-likeness (QED) is 0.368. The molecule has 152 valence electrons. The minimum atomic E-state index is -0.469. The maximum Gasteiger partial charge on any atom is 0.269 e. The van der Waals surface area contributed by atoms with Gasteiger partial charge in [-0.2, -0.15) is 5.10 Å². The Morgan fingerprint density at radius 3 is 2.55 bits per heavy atom. The van der Waals surface area contributed by atoms with Gasteiger partial charge in [-0.3, -0.25) is 14.9 Å². The minimum absolute atomic E-state index is 0.0314. The molecule has 0 saturated heterocycles. The molecule has 0 amide bonds. The third-order valence-electron chi connectivity index (χ3n) is 4.94. The molecule has 0 atom stereocenters. The first-order chi connectivity index (χ1) is 15.1. The number of benzene rings is 2. The zero-order valence-corrected chi connectivity index (χ0v) is 16.1. The van der Waals surface area contributed by atoms with E-state index in [1.54, 1.807) is 24.3 Å². The van der Waals surface area contributed by atoms with E-state index >= 15 is 0 Å². The fraction of sp³-hybridized carbons (Fsp3) is 0.0435. The standard InChI is InChI=1S/C23H15N3O5/c27-20-4-2-1-3-18-19(11-5-15-6-12-21-22(13-15)31-14-30-21)24-25(23(18)20)16-7-9-17(10-8-16)26(28)29/h1-13H,14H2. The molecule has 4 aromatic rings. The molecular weight excluding hydrogens is 398 g/mol. The molecule has 5 rings (SSSR count). The van der Waals surface area contributed by atoms with Crippen molar-refractivity contribution < 1.29 is 14.4 Å². The Kier molecular flexibility index (Phi) is 4.44. The summed E-state index contributed by atoms with van der Waals surface area (Å²) in [6.45, 7) is 0.204. The van der Waals surface area contributed by atoms with Gasteiger partial charge in [-0.15, -0.1) is 0 Å². The maximum absolute atomic E-state index is 12.7. The fourth-order valence-corrected chi connectivity index (χ4v) is 3.44. The highest BCUT2D eigenvalue weighted by Crippen LogP contribution is 2.33. The summed E-state index contributed by atoms with van der Waals surface area (Å²) in [5, 5.41) is 16.2. The molecule has 0 unspecified atom stereocenters.